The lowest BCUT2D eigenvalue weighted by Crippen LogP contribution is -2.62. The molecule has 2 aliphatic rings. The number of aromatic nitrogens is 3. The first kappa shape index (κ1) is 28.7. The van der Waals surface area contributed by atoms with Crippen molar-refractivity contribution in [1.29, 1.82) is 0 Å². The van der Waals surface area contributed by atoms with Crippen molar-refractivity contribution in [3.63, 3.8) is 0 Å². The SMILES string of the molecule is CNCC(O)COc1ccc(F)c(-c2nc(-c3c(C)noc3C)c(C)c(N3CCC4(CC3)CN(C(=O)OC)C4)n2)c1. The van der Waals surface area contributed by atoms with Gasteiger partial charge in [-0.05, 0) is 58.9 Å². The molecular formula is C29H37FN6O5. The van der Waals surface area contributed by atoms with Crippen LogP contribution in [0.3, 0.4) is 0 Å². The number of aliphatic hydroxyl groups is 1. The van der Waals surface area contributed by atoms with Crippen LogP contribution in [0.2, 0.25) is 0 Å². The Kier molecular flexibility index (Phi) is 8.14. The predicted molar refractivity (Wildman–Crippen MR) is 150 cm³/mol. The van der Waals surface area contributed by atoms with Crippen LogP contribution in [-0.2, 0) is 4.74 Å². The highest BCUT2D eigenvalue weighted by Gasteiger charge is 2.47. The quantitative estimate of drug-likeness (QED) is 0.417. The average Bonchev–Trinajstić information content (AvgIpc) is 3.28. The zero-order chi connectivity index (χ0) is 29.3. The van der Waals surface area contributed by atoms with Gasteiger partial charge in [0.2, 0.25) is 0 Å². The van der Waals surface area contributed by atoms with Crippen molar-refractivity contribution < 1.29 is 28.3 Å². The molecule has 1 spiro atoms. The van der Waals surface area contributed by atoms with E-state index in [2.05, 4.69) is 15.4 Å². The number of piperidine rings is 1. The first-order valence-electron chi connectivity index (χ1n) is 13.8. The van der Waals surface area contributed by atoms with Gasteiger partial charge < -0.3 is 34.2 Å². The fourth-order valence-electron chi connectivity index (χ4n) is 5.78. The predicted octanol–water partition coefficient (Wildman–Crippen LogP) is 3.49. The summed E-state index contributed by atoms with van der Waals surface area (Å²) in [5, 5.41) is 17.0. The maximum Gasteiger partial charge on any atom is 0.409 e. The molecule has 12 heteroatoms. The van der Waals surface area contributed by atoms with E-state index in [4.69, 9.17) is 24.0 Å². The lowest BCUT2D eigenvalue weighted by molar-refractivity contribution is -0.0122. The van der Waals surface area contributed by atoms with Gasteiger partial charge in [-0.2, -0.15) is 0 Å². The van der Waals surface area contributed by atoms with Gasteiger partial charge in [0.05, 0.1) is 29.6 Å². The van der Waals surface area contributed by atoms with Gasteiger partial charge in [-0.1, -0.05) is 5.16 Å². The van der Waals surface area contributed by atoms with Crippen LogP contribution in [0.25, 0.3) is 22.6 Å². The number of methoxy groups -OCH3 is 1. The summed E-state index contributed by atoms with van der Waals surface area (Å²) in [6.45, 7) is 8.93. The molecule has 0 bridgehead atoms. The highest BCUT2D eigenvalue weighted by molar-refractivity contribution is 5.75. The maximum absolute atomic E-state index is 15.3. The molecule has 1 unspecified atom stereocenters. The number of carbonyl (C=O) groups is 1. The largest absolute Gasteiger partial charge is 0.491 e. The van der Waals surface area contributed by atoms with Crippen molar-refractivity contribution in [2.75, 3.05) is 58.4 Å². The second-order valence-corrected chi connectivity index (χ2v) is 11.0. The number of rotatable bonds is 8. The molecule has 1 aromatic carbocycles. The lowest BCUT2D eigenvalue weighted by atomic mass is 9.72. The van der Waals surface area contributed by atoms with E-state index in [0.717, 1.165) is 42.9 Å². The summed E-state index contributed by atoms with van der Waals surface area (Å²) in [5.74, 6) is 1.48. The molecular weight excluding hydrogens is 531 g/mol. The van der Waals surface area contributed by atoms with Crippen molar-refractivity contribution in [2.24, 2.45) is 5.41 Å². The number of likely N-dealkylation sites (tertiary alicyclic amines) is 1. The molecule has 2 saturated heterocycles. The Morgan fingerprint density at radius 3 is 2.59 bits per heavy atom. The molecule has 41 heavy (non-hydrogen) atoms. The number of likely N-dealkylation sites (N-methyl/N-ethyl adjacent to an activating group) is 1. The summed E-state index contributed by atoms with van der Waals surface area (Å²) in [5.41, 5.74) is 3.21. The van der Waals surface area contributed by atoms with Crippen LogP contribution in [-0.4, -0.2) is 90.8 Å². The number of nitrogens with one attached hydrogen (secondary N) is 1. The molecule has 2 aromatic heterocycles. The molecule has 0 aliphatic carbocycles. The minimum Gasteiger partial charge on any atom is -0.491 e. The van der Waals surface area contributed by atoms with Gasteiger partial charge in [0.1, 0.15) is 35.9 Å². The minimum atomic E-state index is -0.709. The number of ether oxygens (including phenoxy) is 2. The van der Waals surface area contributed by atoms with Crippen LogP contribution in [0.4, 0.5) is 15.0 Å². The van der Waals surface area contributed by atoms with E-state index < -0.39 is 11.9 Å². The average molecular weight is 569 g/mol. The van der Waals surface area contributed by atoms with Crippen LogP contribution >= 0.6 is 0 Å². The Bertz CT molecular complexity index is 1390. The molecule has 11 nitrogen and oxygen atoms in total. The summed E-state index contributed by atoms with van der Waals surface area (Å²) < 4.78 is 31.3. The minimum absolute atomic E-state index is 0.0547. The number of aryl methyl sites for hydroxylation is 2. The fraction of sp³-hybridized carbons (Fsp3) is 0.517. The van der Waals surface area contributed by atoms with E-state index >= 15 is 4.39 Å². The zero-order valence-electron chi connectivity index (χ0n) is 24.2. The zero-order valence-corrected chi connectivity index (χ0v) is 24.2. The summed E-state index contributed by atoms with van der Waals surface area (Å²) in [7, 11) is 3.15. The van der Waals surface area contributed by atoms with Crippen LogP contribution in [0.1, 0.15) is 29.9 Å². The van der Waals surface area contributed by atoms with E-state index in [-0.39, 0.29) is 29.5 Å². The monoisotopic (exact) mass is 568 g/mol. The van der Waals surface area contributed by atoms with Crippen LogP contribution in [0.5, 0.6) is 5.75 Å². The van der Waals surface area contributed by atoms with Gasteiger partial charge in [0, 0.05) is 43.7 Å². The van der Waals surface area contributed by atoms with Crippen molar-refractivity contribution in [3.8, 4) is 28.4 Å². The van der Waals surface area contributed by atoms with Crippen molar-refractivity contribution in [1.82, 2.24) is 25.3 Å². The topological polar surface area (TPSA) is 126 Å². The van der Waals surface area contributed by atoms with Gasteiger partial charge in [0.25, 0.3) is 0 Å². The Morgan fingerprint density at radius 2 is 1.95 bits per heavy atom. The van der Waals surface area contributed by atoms with Crippen molar-refractivity contribution >= 4 is 11.9 Å². The first-order chi connectivity index (χ1) is 19.6. The van der Waals surface area contributed by atoms with E-state index in [0.29, 0.717) is 42.5 Å². The van der Waals surface area contributed by atoms with Gasteiger partial charge in [-0.25, -0.2) is 19.2 Å². The van der Waals surface area contributed by atoms with Crippen LogP contribution in [0.15, 0.2) is 22.7 Å². The summed E-state index contributed by atoms with van der Waals surface area (Å²) in [6.07, 6.45) is 0.793. The normalized spacial score (nSPS) is 17.0. The van der Waals surface area contributed by atoms with E-state index in [1.807, 2.05) is 20.8 Å². The number of aliphatic hydroxyl groups excluding tert-OH is 1. The van der Waals surface area contributed by atoms with E-state index in [1.165, 1.54) is 19.2 Å². The molecule has 0 saturated carbocycles. The summed E-state index contributed by atoms with van der Waals surface area (Å²) in [4.78, 5) is 25.6. The smallest absolute Gasteiger partial charge is 0.409 e. The summed E-state index contributed by atoms with van der Waals surface area (Å²) in [6, 6.07) is 4.41. The van der Waals surface area contributed by atoms with Crippen molar-refractivity contribution in [3.05, 3.63) is 41.0 Å². The Morgan fingerprint density at radius 1 is 1.22 bits per heavy atom. The number of amides is 1. The van der Waals surface area contributed by atoms with Gasteiger partial charge in [-0.3, -0.25) is 0 Å². The number of halogens is 1. The highest BCUT2D eigenvalue weighted by atomic mass is 19.1. The number of carbonyl (C=O) groups excluding carboxylic acids is 1. The van der Waals surface area contributed by atoms with E-state index in [9.17, 15) is 9.90 Å². The third-order valence-corrected chi connectivity index (χ3v) is 8.06. The number of hydrogen-bond donors (Lipinski definition) is 2. The Hall–Kier alpha value is -3.77. The fourth-order valence-corrected chi connectivity index (χ4v) is 5.78. The van der Waals surface area contributed by atoms with Crippen molar-refractivity contribution in [2.45, 2.75) is 39.7 Å². The number of anilines is 1. The Balaban J connectivity index is 1.48. The highest BCUT2D eigenvalue weighted by Crippen LogP contribution is 2.43. The molecule has 1 atom stereocenters. The Labute approximate surface area is 238 Å². The lowest BCUT2D eigenvalue weighted by Gasteiger charge is -2.53. The molecule has 0 radical (unpaired) electrons. The number of nitrogens with zero attached hydrogens (tertiary/aromatic N) is 5. The molecule has 2 N–H and O–H groups in total. The van der Waals surface area contributed by atoms with Gasteiger partial charge in [0.15, 0.2) is 5.82 Å². The molecule has 1 amide bonds. The third-order valence-electron chi connectivity index (χ3n) is 8.06. The first-order valence-corrected chi connectivity index (χ1v) is 13.8. The molecule has 2 fully saturated rings. The van der Waals surface area contributed by atoms with Crippen LogP contribution < -0.4 is 15.0 Å². The van der Waals surface area contributed by atoms with Gasteiger partial charge >= 0.3 is 6.09 Å². The molecule has 2 aliphatic heterocycles. The second-order valence-electron chi connectivity index (χ2n) is 11.0. The third kappa shape index (κ3) is 5.71. The molecule has 5 rings (SSSR count). The maximum atomic E-state index is 15.3. The summed E-state index contributed by atoms with van der Waals surface area (Å²) >= 11 is 0. The molecule has 4 heterocycles. The molecule has 220 valence electrons. The van der Waals surface area contributed by atoms with Crippen LogP contribution in [0, 0.1) is 32.0 Å². The molecule has 3 aromatic rings. The van der Waals surface area contributed by atoms with E-state index in [1.54, 1.807) is 18.0 Å². The standard InChI is InChI=1S/C29H37FN6O5/c1-17-25(24-18(2)34-41-19(24)3)32-26(22-12-21(6-7-23(22)30)40-14-20(37)13-31-4)33-27(17)35-10-8-29(9-11-35)15-36(16-29)28(38)39-5/h6-7,12,20,31,37H,8-11,13-16H2,1-5H3. The second kappa shape index (κ2) is 11.6. The van der Waals surface area contributed by atoms with Gasteiger partial charge in [-0.15, -0.1) is 0 Å². The number of hydrogen-bond acceptors (Lipinski definition) is 10. The number of benzene rings is 1.